The molecule has 1 radical (unpaired) electrons. The first-order chi connectivity index (χ1) is 7.93. The Labute approximate surface area is 93.9 Å². The molecule has 0 bridgehead atoms. The smallest absolute Gasteiger partial charge is 0.0951 e. The van der Waals surface area contributed by atoms with Gasteiger partial charge in [-0.2, -0.15) is 10.5 Å². The molecule has 0 unspecified atom stereocenters. The minimum Gasteiger partial charge on any atom is -0.361 e. The van der Waals surface area contributed by atoms with Crippen molar-refractivity contribution in [3.8, 4) is 0 Å². The van der Waals surface area contributed by atoms with E-state index in [2.05, 4.69) is 21.9 Å². The van der Waals surface area contributed by atoms with Crippen molar-refractivity contribution in [1.29, 1.82) is 0 Å². The molecule has 0 saturated carbocycles. The fraction of sp³-hybridized carbons (Fsp3) is 0. The Bertz CT molecular complexity index is 536. The molecule has 2 heterocycles. The van der Waals surface area contributed by atoms with Crippen LogP contribution in [0.1, 0.15) is 11.1 Å². The highest BCUT2D eigenvalue weighted by atomic mass is 15.3. The van der Waals surface area contributed by atoms with Crippen molar-refractivity contribution in [2.75, 3.05) is 0 Å². The number of fused-ring (bicyclic) bond motifs is 1. The predicted molar refractivity (Wildman–Crippen MR) is 65.2 cm³/mol. The van der Waals surface area contributed by atoms with Crippen LogP contribution < -0.4 is 10.7 Å². The van der Waals surface area contributed by atoms with Gasteiger partial charge in [-0.3, -0.25) is 0 Å². The van der Waals surface area contributed by atoms with Crippen LogP contribution in [-0.2, 0) is 0 Å². The zero-order chi connectivity index (χ0) is 10.8. The number of allylic oxidation sites excluding steroid dienone is 4. The van der Waals surface area contributed by atoms with Gasteiger partial charge in [-0.05, 0) is 18.2 Å². The van der Waals surface area contributed by atoms with Crippen LogP contribution in [0.2, 0.25) is 0 Å². The molecular formula is C13H10N3. The lowest BCUT2D eigenvalue weighted by Crippen LogP contribution is -2.03. The Morgan fingerprint density at radius 2 is 2.06 bits per heavy atom. The number of nitrogens with one attached hydrogen (secondary N) is 1. The summed E-state index contributed by atoms with van der Waals surface area (Å²) in [4.78, 5) is 0. The van der Waals surface area contributed by atoms with Crippen molar-refractivity contribution in [2.45, 2.75) is 0 Å². The number of hydrogen-bond donors (Lipinski definition) is 1. The van der Waals surface area contributed by atoms with Crippen molar-refractivity contribution in [1.82, 2.24) is 10.7 Å². The highest BCUT2D eigenvalue weighted by molar-refractivity contribution is 5.90. The molecule has 1 N–H and O–H groups in total. The Kier molecular flexibility index (Phi) is 2.07. The van der Waals surface area contributed by atoms with E-state index in [4.69, 9.17) is 0 Å². The third-order valence-corrected chi connectivity index (χ3v) is 2.52. The SMILES string of the molecule is C1=CC=C(c2ccc3c(c2)[N]N=C3)NC=C1. The van der Waals surface area contributed by atoms with Crippen LogP contribution in [0.5, 0.6) is 0 Å². The maximum absolute atomic E-state index is 4.06. The van der Waals surface area contributed by atoms with Crippen LogP contribution >= 0.6 is 0 Å². The summed E-state index contributed by atoms with van der Waals surface area (Å²) in [6.45, 7) is 0. The fourth-order valence-electron chi connectivity index (χ4n) is 1.70. The second kappa shape index (κ2) is 3.70. The summed E-state index contributed by atoms with van der Waals surface area (Å²) >= 11 is 0. The van der Waals surface area contributed by atoms with E-state index in [0.29, 0.717) is 0 Å². The summed E-state index contributed by atoms with van der Waals surface area (Å²) in [5, 5.41) is 7.11. The lowest BCUT2D eigenvalue weighted by molar-refractivity contribution is 0.990. The van der Waals surface area contributed by atoms with Crippen molar-refractivity contribution in [3.63, 3.8) is 0 Å². The Hall–Kier alpha value is -2.29. The monoisotopic (exact) mass is 208 g/mol. The molecule has 0 spiro atoms. The van der Waals surface area contributed by atoms with Crippen LogP contribution in [0.15, 0.2) is 53.8 Å². The third-order valence-electron chi connectivity index (χ3n) is 2.52. The summed E-state index contributed by atoms with van der Waals surface area (Å²) in [5.41, 5.74) is 8.24. The Balaban J connectivity index is 1.99. The molecule has 0 fully saturated rings. The van der Waals surface area contributed by atoms with Gasteiger partial charge >= 0.3 is 0 Å². The molecule has 2 aliphatic heterocycles. The molecule has 0 aromatic heterocycles. The van der Waals surface area contributed by atoms with Gasteiger partial charge in [0.25, 0.3) is 0 Å². The van der Waals surface area contributed by atoms with Crippen LogP contribution in [0.4, 0.5) is 5.69 Å². The fourth-order valence-corrected chi connectivity index (χ4v) is 1.70. The molecule has 0 amide bonds. The van der Waals surface area contributed by atoms with Crippen molar-refractivity contribution < 1.29 is 0 Å². The zero-order valence-corrected chi connectivity index (χ0v) is 8.59. The van der Waals surface area contributed by atoms with Gasteiger partial charge in [-0.25, -0.2) is 0 Å². The molecule has 2 aliphatic rings. The van der Waals surface area contributed by atoms with Crippen LogP contribution in [0, 0.1) is 0 Å². The summed E-state index contributed by atoms with van der Waals surface area (Å²) in [6, 6.07) is 6.14. The minimum atomic E-state index is 0.928. The van der Waals surface area contributed by atoms with E-state index in [1.165, 1.54) is 0 Å². The second-order valence-corrected chi connectivity index (χ2v) is 3.59. The Morgan fingerprint density at radius 3 is 3.06 bits per heavy atom. The van der Waals surface area contributed by atoms with Gasteiger partial charge in [0.1, 0.15) is 0 Å². The summed E-state index contributed by atoms with van der Waals surface area (Å²) in [5.74, 6) is 0. The third kappa shape index (κ3) is 1.52. The van der Waals surface area contributed by atoms with Gasteiger partial charge in [-0.15, -0.1) is 0 Å². The molecule has 3 rings (SSSR count). The van der Waals surface area contributed by atoms with Crippen molar-refractivity contribution in [3.05, 3.63) is 59.8 Å². The second-order valence-electron chi connectivity index (χ2n) is 3.59. The van der Waals surface area contributed by atoms with E-state index in [0.717, 1.165) is 22.5 Å². The average Bonchev–Trinajstić information content (AvgIpc) is 2.61. The van der Waals surface area contributed by atoms with E-state index < -0.39 is 0 Å². The lowest BCUT2D eigenvalue weighted by Gasteiger charge is -2.07. The minimum absolute atomic E-state index is 0.928. The van der Waals surface area contributed by atoms with Gasteiger partial charge < -0.3 is 5.32 Å². The molecule has 0 saturated heterocycles. The topological polar surface area (TPSA) is 38.5 Å². The van der Waals surface area contributed by atoms with Gasteiger partial charge in [0.05, 0.1) is 11.9 Å². The van der Waals surface area contributed by atoms with E-state index in [1.807, 2.05) is 42.6 Å². The molecule has 1 aromatic rings. The maximum Gasteiger partial charge on any atom is 0.0951 e. The molecule has 16 heavy (non-hydrogen) atoms. The van der Waals surface area contributed by atoms with E-state index >= 15 is 0 Å². The molecule has 0 atom stereocenters. The van der Waals surface area contributed by atoms with Gasteiger partial charge in [-0.1, -0.05) is 24.3 Å². The van der Waals surface area contributed by atoms with Crippen molar-refractivity contribution in [2.24, 2.45) is 5.10 Å². The normalized spacial score (nSPS) is 16.1. The number of nitrogens with zero attached hydrogens (tertiary/aromatic N) is 2. The van der Waals surface area contributed by atoms with E-state index in [-0.39, 0.29) is 0 Å². The first-order valence-corrected chi connectivity index (χ1v) is 5.12. The predicted octanol–water partition coefficient (Wildman–Crippen LogP) is 2.28. The van der Waals surface area contributed by atoms with Crippen LogP contribution in [0.25, 0.3) is 5.70 Å². The number of hydrogen-bond acceptors (Lipinski definition) is 2. The molecular weight excluding hydrogens is 198 g/mol. The average molecular weight is 208 g/mol. The van der Waals surface area contributed by atoms with Gasteiger partial charge in [0, 0.05) is 23.0 Å². The van der Waals surface area contributed by atoms with Gasteiger partial charge in [0.15, 0.2) is 0 Å². The highest BCUT2D eigenvalue weighted by Gasteiger charge is 2.09. The standard InChI is InChI=1S/C13H10N3/c1-2-4-12(14-7-3-1)10-5-6-11-9-15-16-13(11)8-10/h1-9,14H. The molecule has 0 aliphatic carbocycles. The largest absolute Gasteiger partial charge is 0.361 e. The molecule has 77 valence electrons. The maximum atomic E-state index is 4.06. The van der Waals surface area contributed by atoms with E-state index in [1.54, 1.807) is 6.21 Å². The lowest BCUT2D eigenvalue weighted by atomic mass is 10.1. The highest BCUT2D eigenvalue weighted by Crippen LogP contribution is 2.24. The van der Waals surface area contributed by atoms with Crippen LogP contribution in [-0.4, -0.2) is 6.21 Å². The quantitative estimate of drug-likeness (QED) is 0.755. The summed E-state index contributed by atoms with van der Waals surface area (Å²) in [6.07, 6.45) is 11.7. The number of rotatable bonds is 1. The molecule has 1 aromatic carbocycles. The zero-order valence-electron chi connectivity index (χ0n) is 8.59. The molecule has 3 nitrogen and oxygen atoms in total. The first kappa shape index (κ1) is 8.97. The summed E-state index contributed by atoms with van der Waals surface area (Å²) < 4.78 is 0. The van der Waals surface area contributed by atoms with Crippen molar-refractivity contribution >= 4 is 17.6 Å². The molecule has 3 heteroatoms. The van der Waals surface area contributed by atoms with Gasteiger partial charge in [0.2, 0.25) is 0 Å². The first-order valence-electron chi connectivity index (χ1n) is 5.12. The Morgan fingerprint density at radius 1 is 1.06 bits per heavy atom. The number of benzene rings is 1. The van der Waals surface area contributed by atoms with Crippen LogP contribution in [0.3, 0.4) is 0 Å². The summed E-state index contributed by atoms with van der Waals surface area (Å²) in [7, 11) is 0. The van der Waals surface area contributed by atoms with E-state index in [9.17, 15) is 0 Å².